The second-order valence-electron chi connectivity index (χ2n) is 16.2. The molecule has 1 amide bonds. The smallest absolute Gasteiger partial charge is 0.220 e. The van der Waals surface area contributed by atoms with Crippen molar-refractivity contribution in [1.29, 1.82) is 0 Å². The first kappa shape index (κ1) is 49.4. The van der Waals surface area contributed by atoms with Crippen molar-refractivity contribution in [3.8, 4) is 0 Å². The van der Waals surface area contributed by atoms with E-state index in [1.807, 2.05) is 0 Å². The van der Waals surface area contributed by atoms with Crippen LogP contribution in [0.15, 0.2) is 0 Å². The van der Waals surface area contributed by atoms with Gasteiger partial charge in [0.2, 0.25) is 5.91 Å². The summed E-state index contributed by atoms with van der Waals surface area (Å²) in [5, 5.41) is 23.2. The number of carbonyl (C=O) groups is 1. The third-order valence-electron chi connectivity index (χ3n) is 11.1. The van der Waals surface area contributed by atoms with Gasteiger partial charge in [-0.1, -0.05) is 251 Å². The predicted octanol–water partition coefficient (Wildman–Crippen LogP) is 14.5. The van der Waals surface area contributed by atoms with Gasteiger partial charge in [0.05, 0.1) is 18.8 Å². The van der Waals surface area contributed by atoms with Gasteiger partial charge in [-0.05, 0) is 12.8 Å². The van der Waals surface area contributed by atoms with Crippen molar-refractivity contribution in [3.05, 3.63) is 0 Å². The number of nitrogens with one attached hydrogen (secondary N) is 1. The molecule has 0 aliphatic rings. The highest BCUT2D eigenvalue weighted by atomic mass is 16.3. The molecule has 0 saturated carbocycles. The number of hydrogen-bond donors (Lipinski definition) is 3. The van der Waals surface area contributed by atoms with Gasteiger partial charge in [-0.2, -0.15) is 0 Å². The largest absolute Gasteiger partial charge is 0.394 e. The van der Waals surface area contributed by atoms with E-state index in [4.69, 9.17) is 0 Å². The maximum atomic E-state index is 12.4. The summed E-state index contributed by atoms with van der Waals surface area (Å²) in [6.45, 7) is 4.38. The van der Waals surface area contributed by atoms with Crippen LogP contribution in [0.25, 0.3) is 0 Å². The molecule has 2 unspecified atom stereocenters. The van der Waals surface area contributed by atoms with Crippen LogP contribution in [0.4, 0.5) is 0 Å². The average molecular weight is 708 g/mol. The van der Waals surface area contributed by atoms with Crippen molar-refractivity contribution < 1.29 is 15.0 Å². The Kier molecular flexibility index (Phi) is 42.3. The Bertz CT molecular complexity index is 641. The second-order valence-corrected chi connectivity index (χ2v) is 16.2. The maximum absolute atomic E-state index is 12.4. The monoisotopic (exact) mass is 708 g/mol. The minimum atomic E-state index is -0.652. The van der Waals surface area contributed by atoms with Gasteiger partial charge in [0.15, 0.2) is 0 Å². The molecule has 0 aliphatic carbocycles. The quantitative estimate of drug-likeness (QED) is 0.0553. The fourth-order valence-corrected chi connectivity index (χ4v) is 7.54. The zero-order valence-corrected chi connectivity index (χ0v) is 34.4. The summed E-state index contributed by atoms with van der Waals surface area (Å²) in [5.74, 6) is -0.0251. The Morgan fingerprint density at radius 2 is 0.640 bits per heavy atom. The molecule has 0 aliphatic heterocycles. The third kappa shape index (κ3) is 38.6. The van der Waals surface area contributed by atoms with Gasteiger partial charge in [-0.15, -0.1) is 0 Å². The first-order valence-electron chi connectivity index (χ1n) is 23.2. The topological polar surface area (TPSA) is 69.6 Å². The van der Waals surface area contributed by atoms with Crippen molar-refractivity contribution in [1.82, 2.24) is 5.32 Å². The molecule has 0 bridgehead atoms. The van der Waals surface area contributed by atoms with Crippen molar-refractivity contribution in [2.24, 2.45) is 0 Å². The summed E-state index contributed by atoms with van der Waals surface area (Å²) < 4.78 is 0. The zero-order chi connectivity index (χ0) is 36.4. The molecule has 0 saturated heterocycles. The molecule has 0 rings (SSSR count). The lowest BCUT2D eigenvalue weighted by molar-refractivity contribution is -0.123. The molecule has 0 fully saturated rings. The first-order valence-corrected chi connectivity index (χ1v) is 23.2. The van der Waals surface area contributed by atoms with Gasteiger partial charge in [0.25, 0.3) is 0 Å². The maximum Gasteiger partial charge on any atom is 0.220 e. The molecule has 0 aromatic rings. The molecule has 0 radical (unpaired) electrons. The molecule has 0 heterocycles. The summed E-state index contributed by atoms with van der Waals surface area (Å²) in [5.41, 5.74) is 0. The second kappa shape index (κ2) is 42.8. The molecule has 300 valence electrons. The minimum Gasteiger partial charge on any atom is -0.394 e. The van der Waals surface area contributed by atoms with Crippen LogP contribution in [0.3, 0.4) is 0 Å². The van der Waals surface area contributed by atoms with Gasteiger partial charge >= 0.3 is 0 Å². The fraction of sp³-hybridized carbons (Fsp3) is 0.978. The Labute approximate surface area is 314 Å². The summed E-state index contributed by atoms with van der Waals surface area (Å²) in [7, 11) is 0. The number of carbonyl (C=O) groups excluding carboxylic acids is 1. The van der Waals surface area contributed by atoms with Crippen LogP contribution in [-0.2, 0) is 4.79 Å². The van der Waals surface area contributed by atoms with Crippen LogP contribution in [-0.4, -0.2) is 34.9 Å². The lowest BCUT2D eigenvalue weighted by atomic mass is 10.0. The highest BCUT2D eigenvalue weighted by molar-refractivity contribution is 5.76. The lowest BCUT2D eigenvalue weighted by Crippen LogP contribution is -2.45. The van der Waals surface area contributed by atoms with Crippen LogP contribution < -0.4 is 5.32 Å². The van der Waals surface area contributed by atoms with Crippen LogP contribution in [0.5, 0.6) is 0 Å². The third-order valence-corrected chi connectivity index (χ3v) is 11.1. The van der Waals surface area contributed by atoms with Crippen molar-refractivity contribution in [3.63, 3.8) is 0 Å². The van der Waals surface area contributed by atoms with E-state index in [-0.39, 0.29) is 12.5 Å². The number of unbranched alkanes of at least 4 members (excludes halogenated alkanes) is 36. The van der Waals surface area contributed by atoms with E-state index in [0.717, 1.165) is 25.7 Å². The molecule has 4 nitrogen and oxygen atoms in total. The number of aliphatic hydroxyl groups is 2. The van der Waals surface area contributed by atoms with E-state index in [9.17, 15) is 15.0 Å². The number of hydrogen-bond acceptors (Lipinski definition) is 3. The predicted molar refractivity (Wildman–Crippen MR) is 221 cm³/mol. The van der Waals surface area contributed by atoms with Gasteiger partial charge in [-0.25, -0.2) is 0 Å². The Balaban J connectivity index is 3.42. The summed E-state index contributed by atoms with van der Waals surface area (Å²) >= 11 is 0. The molecule has 50 heavy (non-hydrogen) atoms. The van der Waals surface area contributed by atoms with Gasteiger partial charge in [-0.3, -0.25) is 4.79 Å². The zero-order valence-electron chi connectivity index (χ0n) is 34.4. The fourth-order valence-electron chi connectivity index (χ4n) is 7.54. The van der Waals surface area contributed by atoms with E-state index in [0.29, 0.717) is 12.8 Å². The van der Waals surface area contributed by atoms with Crippen molar-refractivity contribution in [2.75, 3.05) is 6.61 Å². The molecule has 0 spiro atoms. The molecule has 4 heteroatoms. The van der Waals surface area contributed by atoms with Crippen LogP contribution >= 0.6 is 0 Å². The Morgan fingerprint density at radius 3 is 0.900 bits per heavy atom. The molecule has 0 aromatic carbocycles. The Morgan fingerprint density at radius 1 is 0.400 bits per heavy atom. The van der Waals surface area contributed by atoms with Crippen LogP contribution in [0.2, 0.25) is 0 Å². The van der Waals surface area contributed by atoms with Crippen LogP contribution in [0.1, 0.15) is 271 Å². The van der Waals surface area contributed by atoms with Gasteiger partial charge in [0.1, 0.15) is 0 Å². The van der Waals surface area contributed by atoms with E-state index in [1.165, 1.54) is 218 Å². The summed E-state index contributed by atoms with van der Waals surface area (Å²) in [6, 6.07) is -0.529. The minimum absolute atomic E-state index is 0.0251. The Hall–Kier alpha value is -0.610. The van der Waals surface area contributed by atoms with Gasteiger partial charge < -0.3 is 15.5 Å². The molecule has 3 N–H and O–H groups in total. The van der Waals surface area contributed by atoms with E-state index in [1.54, 1.807) is 0 Å². The van der Waals surface area contributed by atoms with E-state index in [2.05, 4.69) is 19.2 Å². The SMILES string of the molecule is CCCCCCCCCCCCCCCCCCCCCCCCCCC(=O)NC(CO)C(O)CCCCCCCCCCCCCCCC. The number of amides is 1. The first-order chi connectivity index (χ1) is 24.7. The summed E-state index contributed by atoms with van der Waals surface area (Å²) in [6.07, 6.45) is 51.9. The van der Waals surface area contributed by atoms with Crippen molar-refractivity contribution >= 4 is 5.91 Å². The highest BCUT2D eigenvalue weighted by Gasteiger charge is 2.20. The molecule has 0 aromatic heterocycles. The standard InChI is InChI=1S/C46H93NO3/c1-3-5-7-9-11-13-15-17-19-20-21-22-23-24-25-26-27-28-30-32-34-36-38-40-42-46(50)47-44(43-48)45(49)41-39-37-35-33-31-29-18-16-14-12-10-8-6-4-2/h44-45,48-49H,3-43H2,1-2H3,(H,47,50). The molecular formula is C46H93NO3. The van der Waals surface area contributed by atoms with E-state index < -0.39 is 12.1 Å². The number of rotatable bonds is 43. The highest BCUT2D eigenvalue weighted by Crippen LogP contribution is 2.17. The normalized spacial score (nSPS) is 12.8. The summed E-state index contributed by atoms with van der Waals surface area (Å²) in [4.78, 5) is 12.4. The molecular weight excluding hydrogens is 615 g/mol. The van der Waals surface area contributed by atoms with Gasteiger partial charge in [0, 0.05) is 6.42 Å². The van der Waals surface area contributed by atoms with Crippen LogP contribution in [0, 0.1) is 0 Å². The lowest BCUT2D eigenvalue weighted by Gasteiger charge is -2.22. The van der Waals surface area contributed by atoms with Crippen molar-refractivity contribution in [2.45, 2.75) is 283 Å². The molecule has 2 atom stereocenters. The number of aliphatic hydroxyl groups excluding tert-OH is 2. The van der Waals surface area contributed by atoms with E-state index >= 15 is 0 Å². The average Bonchev–Trinajstić information content (AvgIpc) is 3.12.